The van der Waals surface area contributed by atoms with Gasteiger partial charge in [0, 0.05) is 18.9 Å². The fraction of sp³-hybridized carbons (Fsp3) is 0.529. The average Bonchev–Trinajstić information content (AvgIpc) is 2.75. The highest BCUT2D eigenvalue weighted by molar-refractivity contribution is 5.79. The van der Waals surface area contributed by atoms with Gasteiger partial charge in [-0.2, -0.15) is 0 Å². The van der Waals surface area contributed by atoms with Crippen LogP contribution in [0.3, 0.4) is 0 Å². The third kappa shape index (κ3) is 3.47. The van der Waals surface area contributed by atoms with Gasteiger partial charge in [-0.3, -0.25) is 4.79 Å². The van der Waals surface area contributed by atoms with Gasteiger partial charge >= 0.3 is 0 Å². The number of hydrogen-bond acceptors (Lipinski definition) is 3. The van der Waals surface area contributed by atoms with E-state index in [1.165, 1.54) is 5.56 Å². The number of hydrogen-bond donors (Lipinski definition) is 3. The Balaban J connectivity index is 1.53. The zero-order chi connectivity index (χ0) is 15.4. The fourth-order valence-corrected chi connectivity index (χ4v) is 3.07. The number of fused-ring (bicyclic) bond motifs is 1. The molecule has 0 radical (unpaired) electrons. The maximum absolute atomic E-state index is 12.2. The molecule has 0 unspecified atom stereocenters. The number of benzene rings is 1. The van der Waals surface area contributed by atoms with Gasteiger partial charge in [0.25, 0.3) is 0 Å². The minimum atomic E-state index is 0.160. The average molecular weight is 300 g/mol. The molecular formula is C17H24N4O. The number of rotatable bonds is 4. The highest BCUT2D eigenvalue weighted by atomic mass is 16.1. The number of nitrogens with one attached hydrogen (secondary N) is 3. The SMILES string of the molecule is Cc1cccc2[nH]c(CCNC(=O)[C@H]3CCCNCC3)nc12. The molecule has 1 aromatic heterocycles. The quantitative estimate of drug-likeness (QED) is 0.808. The first-order valence-electron chi connectivity index (χ1n) is 8.16. The first-order valence-corrected chi connectivity index (χ1v) is 8.16. The van der Waals surface area contributed by atoms with Crippen LogP contribution in [-0.2, 0) is 11.2 Å². The molecule has 0 saturated carbocycles. The van der Waals surface area contributed by atoms with Gasteiger partial charge in [-0.15, -0.1) is 0 Å². The molecule has 0 aliphatic carbocycles. The van der Waals surface area contributed by atoms with E-state index in [1.54, 1.807) is 0 Å². The van der Waals surface area contributed by atoms with E-state index in [4.69, 9.17) is 0 Å². The summed E-state index contributed by atoms with van der Waals surface area (Å²) >= 11 is 0. The summed E-state index contributed by atoms with van der Waals surface area (Å²) in [5, 5.41) is 6.40. The number of imidazole rings is 1. The first-order chi connectivity index (χ1) is 10.7. The monoisotopic (exact) mass is 300 g/mol. The number of aryl methyl sites for hydroxylation is 1. The lowest BCUT2D eigenvalue weighted by molar-refractivity contribution is -0.125. The molecule has 1 amide bonds. The van der Waals surface area contributed by atoms with Crippen LogP contribution in [0.25, 0.3) is 11.0 Å². The molecule has 1 aliphatic heterocycles. The van der Waals surface area contributed by atoms with Crippen LogP contribution < -0.4 is 10.6 Å². The van der Waals surface area contributed by atoms with Crippen LogP contribution in [-0.4, -0.2) is 35.5 Å². The maximum Gasteiger partial charge on any atom is 0.223 e. The van der Waals surface area contributed by atoms with Crippen LogP contribution >= 0.6 is 0 Å². The Bertz CT molecular complexity index is 641. The lowest BCUT2D eigenvalue weighted by atomic mass is 10.00. The third-order valence-electron chi connectivity index (χ3n) is 4.37. The zero-order valence-corrected chi connectivity index (χ0v) is 13.1. The second kappa shape index (κ2) is 6.92. The number of carbonyl (C=O) groups is 1. The van der Waals surface area contributed by atoms with Gasteiger partial charge in [-0.25, -0.2) is 4.98 Å². The summed E-state index contributed by atoms with van der Waals surface area (Å²) in [5.41, 5.74) is 3.27. The minimum Gasteiger partial charge on any atom is -0.355 e. The van der Waals surface area contributed by atoms with Crippen molar-refractivity contribution >= 4 is 16.9 Å². The molecule has 22 heavy (non-hydrogen) atoms. The number of nitrogens with zero attached hydrogens (tertiary/aromatic N) is 1. The van der Waals surface area contributed by atoms with E-state index >= 15 is 0 Å². The lowest BCUT2D eigenvalue weighted by Crippen LogP contribution is -2.32. The summed E-state index contributed by atoms with van der Waals surface area (Å²) in [4.78, 5) is 20.1. The Labute approximate surface area is 130 Å². The van der Waals surface area contributed by atoms with E-state index in [2.05, 4.69) is 33.6 Å². The molecule has 1 fully saturated rings. The first kappa shape index (κ1) is 15.0. The van der Waals surface area contributed by atoms with Crippen molar-refractivity contribution < 1.29 is 4.79 Å². The van der Waals surface area contributed by atoms with E-state index in [9.17, 15) is 4.79 Å². The zero-order valence-electron chi connectivity index (χ0n) is 13.1. The molecule has 1 aromatic carbocycles. The van der Waals surface area contributed by atoms with E-state index in [0.29, 0.717) is 6.54 Å². The Hall–Kier alpha value is -1.88. The van der Waals surface area contributed by atoms with Gasteiger partial charge in [-0.05, 0) is 50.9 Å². The highest BCUT2D eigenvalue weighted by Crippen LogP contribution is 2.16. The molecule has 0 bridgehead atoms. The van der Waals surface area contributed by atoms with Crippen molar-refractivity contribution in [3.63, 3.8) is 0 Å². The Kier molecular flexibility index (Phi) is 4.73. The van der Waals surface area contributed by atoms with Gasteiger partial charge in [0.15, 0.2) is 0 Å². The van der Waals surface area contributed by atoms with E-state index < -0.39 is 0 Å². The molecule has 2 aromatic rings. The minimum absolute atomic E-state index is 0.160. The third-order valence-corrected chi connectivity index (χ3v) is 4.37. The molecule has 5 nitrogen and oxygen atoms in total. The van der Waals surface area contributed by atoms with Crippen LogP contribution in [0.2, 0.25) is 0 Å². The standard InChI is InChI=1S/C17H24N4O/c1-12-4-2-6-14-16(12)21-15(20-14)8-11-19-17(22)13-5-3-9-18-10-7-13/h2,4,6,13,18H,3,5,7-11H2,1H3,(H,19,22)(H,20,21)/t13-/m0/s1. The highest BCUT2D eigenvalue weighted by Gasteiger charge is 2.19. The second-order valence-corrected chi connectivity index (χ2v) is 6.07. The summed E-state index contributed by atoms with van der Waals surface area (Å²) in [7, 11) is 0. The number of aromatic nitrogens is 2. The van der Waals surface area contributed by atoms with E-state index in [-0.39, 0.29) is 11.8 Å². The fourth-order valence-electron chi connectivity index (χ4n) is 3.07. The smallest absolute Gasteiger partial charge is 0.223 e. The summed E-state index contributed by atoms with van der Waals surface area (Å²) < 4.78 is 0. The summed E-state index contributed by atoms with van der Waals surface area (Å²) in [6.07, 6.45) is 3.75. The largest absolute Gasteiger partial charge is 0.355 e. The summed E-state index contributed by atoms with van der Waals surface area (Å²) in [5.74, 6) is 1.29. The molecular weight excluding hydrogens is 276 g/mol. The number of aromatic amines is 1. The van der Waals surface area contributed by atoms with Gasteiger partial charge in [0.1, 0.15) is 5.82 Å². The van der Waals surface area contributed by atoms with Gasteiger partial charge < -0.3 is 15.6 Å². The lowest BCUT2D eigenvalue weighted by Gasteiger charge is -2.13. The van der Waals surface area contributed by atoms with Crippen molar-refractivity contribution in [2.45, 2.75) is 32.6 Å². The molecule has 1 saturated heterocycles. The second-order valence-electron chi connectivity index (χ2n) is 6.07. The Morgan fingerprint density at radius 3 is 3.14 bits per heavy atom. The molecule has 0 spiro atoms. The number of carbonyl (C=O) groups excluding carboxylic acids is 1. The Morgan fingerprint density at radius 1 is 1.36 bits per heavy atom. The van der Waals surface area contributed by atoms with Gasteiger partial charge in [-0.1, -0.05) is 12.1 Å². The molecule has 2 heterocycles. The number of para-hydroxylation sites is 1. The topological polar surface area (TPSA) is 69.8 Å². The van der Waals surface area contributed by atoms with Crippen LogP contribution in [0.5, 0.6) is 0 Å². The molecule has 1 atom stereocenters. The van der Waals surface area contributed by atoms with Crippen LogP contribution in [0.1, 0.15) is 30.7 Å². The van der Waals surface area contributed by atoms with Crippen molar-refractivity contribution in [3.8, 4) is 0 Å². The number of H-pyrrole nitrogens is 1. The molecule has 5 heteroatoms. The van der Waals surface area contributed by atoms with Crippen molar-refractivity contribution in [2.75, 3.05) is 19.6 Å². The predicted molar refractivity (Wildman–Crippen MR) is 87.8 cm³/mol. The van der Waals surface area contributed by atoms with Crippen molar-refractivity contribution in [1.82, 2.24) is 20.6 Å². The Morgan fingerprint density at radius 2 is 2.27 bits per heavy atom. The van der Waals surface area contributed by atoms with E-state index in [0.717, 1.165) is 55.6 Å². The summed E-state index contributed by atoms with van der Waals surface area (Å²) in [6.45, 7) is 4.68. The van der Waals surface area contributed by atoms with Crippen LogP contribution in [0.4, 0.5) is 0 Å². The molecule has 3 N–H and O–H groups in total. The van der Waals surface area contributed by atoms with E-state index in [1.807, 2.05) is 12.1 Å². The molecule has 1 aliphatic rings. The number of amides is 1. The van der Waals surface area contributed by atoms with Crippen molar-refractivity contribution in [1.29, 1.82) is 0 Å². The van der Waals surface area contributed by atoms with Gasteiger partial charge in [0.05, 0.1) is 11.0 Å². The molecule has 118 valence electrons. The van der Waals surface area contributed by atoms with Crippen LogP contribution in [0.15, 0.2) is 18.2 Å². The predicted octanol–water partition coefficient (Wildman–Crippen LogP) is 1.92. The summed E-state index contributed by atoms with van der Waals surface area (Å²) in [6, 6.07) is 6.13. The molecule has 3 rings (SSSR count). The van der Waals surface area contributed by atoms with Gasteiger partial charge in [0.2, 0.25) is 5.91 Å². The van der Waals surface area contributed by atoms with Crippen molar-refractivity contribution in [2.24, 2.45) is 5.92 Å². The van der Waals surface area contributed by atoms with Crippen LogP contribution in [0, 0.1) is 12.8 Å². The van der Waals surface area contributed by atoms with Crippen molar-refractivity contribution in [3.05, 3.63) is 29.6 Å². The normalized spacial score (nSPS) is 19.0. The maximum atomic E-state index is 12.2.